The maximum absolute atomic E-state index is 5.82. The molecule has 1 aromatic carbocycles. The first-order chi connectivity index (χ1) is 11.7. The van der Waals surface area contributed by atoms with E-state index in [4.69, 9.17) is 9.47 Å². The Labute approximate surface area is 143 Å². The van der Waals surface area contributed by atoms with E-state index in [0.717, 1.165) is 44.6 Å². The summed E-state index contributed by atoms with van der Waals surface area (Å²) in [4.78, 5) is 4.13. The van der Waals surface area contributed by atoms with E-state index in [1.807, 2.05) is 17.1 Å². The van der Waals surface area contributed by atoms with E-state index < -0.39 is 0 Å². The molecule has 5 nitrogen and oxygen atoms in total. The minimum absolute atomic E-state index is 0.275. The van der Waals surface area contributed by atoms with Crippen LogP contribution in [0.1, 0.15) is 44.2 Å². The number of imidazole rings is 1. The van der Waals surface area contributed by atoms with Crippen LogP contribution < -0.4 is 5.32 Å². The molecule has 2 aliphatic rings. The smallest absolute Gasteiger partial charge is 0.168 e. The SMILES string of the molecule is CC(NC1CCC2(CC1)OCCO2)c1cccc(-n2ccnc2)c1. The first-order valence-corrected chi connectivity index (χ1v) is 8.86. The van der Waals surface area contributed by atoms with E-state index in [0.29, 0.717) is 12.1 Å². The monoisotopic (exact) mass is 327 g/mol. The number of rotatable bonds is 4. The minimum atomic E-state index is -0.275. The zero-order chi connectivity index (χ0) is 16.4. The molecule has 2 heterocycles. The van der Waals surface area contributed by atoms with Gasteiger partial charge < -0.3 is 19.4 Å². The van der Waals surface area contributed by atoms with Crippen molar-refractivity contribution in [2.24, 2.45) is 0 Å². The van der Waals surface area contributed by atoms with E-state index in [1.54, 1.807) is 6.20 Å². The highest BCUT2D eigenvalue weighted by molar-refractivity contribution is 5.37. The lowest BCUT2D eigenvalue weighted by Crippen LogP contribution is -2.42. The third kappa shape index (κ3) is 3.24. The zero-order valence-corrected chi connectivity index (χ0v) is 14.1. The predicted molar refractivity (Wildman–Crippen MR) is 92.0 cm³/mol. The van der Waals surface area contributed by atoms with Crippen LogP contribution in [-0.4, -0.2) is 34.6 Å². The molecule has 1 aliphatic carbocycles. The summed E-state index contributed by atoms with van der Waals surface area (Å²) in [6, 6.07) is 9.47. The molecule has 5 heteroatoms. The van der Waals surface area contributed by atoms with Crippen molar-refractivity contribution in [1.82, 2.24) is 14.9 Å². The van der Waals surface area contributed by atoms with E-state index in [1.165, 1.54) is 5.56 Å². The van der Waals surface area contributed by atoms with Gasteiger partial charge in [0.25, 0.3) is 0 Å². The zero-order valence-electron chi connectivity index (χ0n) is 14.1. The van der Waals surface area contributed by atoms with Crippen LogP contribution >= 0.6 is 0 Å². The number of aromatic nitrogens is 2. The van der Waals surface area contributed by atoms with Gasteiger partial charge in [0, 0.05) is 43.0 Å². The number of ether oxygens (including phenoxy) is 2. The number of hydrogen-bond acceptors (Lipinski definition) is 4. The lowest BCUT2D eigenvalue weighted by atomic mass is 9.89. The molecule has 1 atom stereocenters. The van der Waals surface area contributed by atoms with Crippen LogP contribution in [0.25, 0.3) is 5.69 Å². The molecule has 0 bridgehead atoms. The number of nitrogens with one attached hydrogen (secondary N) is 1. The third-order valence-corrected chi connectivity index (χ3v) is 5.22. The van der Waals surface area contributed by atoms with E-state index in [9.17, 15) is 0 Å². The Morgan fingerprint density at radius 3 is 2.75 bits per heavy atom. The summed E-state index contributed by atoms with van der Waals surface area (Å²) in [6.07, 6.45) is 9.80. The second kappa shape index (κ2) is 6.67. The molecule has 1 unspecified atom stereocenters. The highest BCUT2D eigenvalue weighted by atomic mass is 16.7. The Morgan fingerprint density at radius 1 is 1.25 bits per heavy atom. The molecule has 2 aromatic rings. The largest absolute Gasteiger partial charge is 0.348 e. The van der Waals surface area contributed by atoms with Gasteiger partial charge in [-0.3, -0.25) is 0 Å². The van der Waals surface area contributed by atoms with Gasteiger partial charge in [0.15, 0.2) is 5.79 Å². The third-order valence-electron chi connectivity index (χ3n) is 5.22. The van der Waals surface area contributed by atoms with E-state index in [-0.39, 0.29) is 5.79 Å². The molecule has 0 amide bonds. The van der Waals surface area contributed by atoms with Gasteiger partial charge in [0.05, 0.1) is 19.5 Å². The van der Waals surface area contributed by atoms with Crippen molar-refractivity contribution in [1.29, 1.82) is 0 Å². The summed E-state index contributed by atoms with van der Waals surface area (Å²) < 4.78 is 13.7. The number of nitrogens with zero attached hydrogens (tertiary/aromatic N) is 2. The molecular weight excluding hydrogens is 302 g/mol. The molecule has 2 fully saturated rings. The lowest BCUT2D eigenvalue weighted by Gasteiger charge is -2.36. The molecule has 1 saturated carbocycles. The van der Waals surface area contributed by atoms with Crippen molar-refractivity contribution in [3.8, 4) is 5.69 Å². The van der Waals surface area contributed by atoms with E-state index >= 15 is 0 Å². The summed E-state index contributed by atoms with van der Waals surface area (Å²) >= 11 is 0. The first-order valence-electron chi connectivity index (χ1n) is 8.86. The highest BCUT2D eigenvalue weighted by Crippen LogP contribution is 2.36. The predicted octanol–water partition coefficient (Wildman–Crippen LogP) is 3.21. The van der Waals surface area contributed by atoms with Crippen LogP contribution in [0, 0.1) is 0 Å². The standard InChI is InChI=1S/C19H25N3O2/c1-15(16-3-2-4-18(13-16)22-10-9-20-14-22)21-17-5-7-19(8-6-17)23-11-12-24-19/h2-4,9-10,13-15,17,21H,5-8,11-12H2,1H3. The molecule has 1 spiro atoms. The molecule has 1 aromatic heterocycles. The Balaban J connectivity index is 1.38. The van der Waals surface area contributed by atoms with Gasteiger partial charge in [-0.2, -0.15) is 0 Å². The normalized spacial score (nSPS) is 22.0. The molecular formula is C19H25N3O2. The lowest BCUT2D eigenvalue weighted by molar-refractivity contribution is -0.179. The van der Waals surface area contributed by atoms with Crippen LogP contribution in [0.2, 0.25) is 0 Å². The Bertz CT molecular complexity index is 655. The number of hydrogen-bond donors (Lipinski definition) is 1. The van der Waals surface area contributed by atoms with Crippen molar-refractivity contribution < 1.29 is 9.47 Å². The van der Waals surface area contributed by atoms with Gasteiger partial charge in [-0.15, -0.1) is 0 Å². The minimum Gasteiger partial charge on any atom is -0.348 e. The molecule has 1 aliphatic heterocycles. The quantitative estimate of drug-likeness (QED) is 0.937. The molecule has 4 rings (SSSR count). The van der Waals surface area contributed by atoms with Gasteiger partial charge >= 0.3 is 0 Å². The van der Waals surface area contributed by atoms with Gasteiger partial charge in [-0.25, -0.2) is 4.98 Å². The summed E-state index contributed by atoms with van der Waals surface area (Å²) in [5, 5.41) is 3.78. The van der Waals surface area contributed by atoms with Gasteiger partial charge in [0.1, 0.15) is 0 Å². The van der Waals surface area contributed by atoms with Crippen LogP contribution in [0.5, 0.6) is 0 Å². The Morgan fingerprint density at radius 2 is 2.04 bits per heavy atom. The topological polar surface area (TPSA) is 48.3 Å². The average Bonchev–Trinajstić information content (AvgIpc) is 3.30. The van der Waals surface area contributed by atoms with Crippen LogP contribution in [-0.2, 0) is 9.47 Å². The van der Waals surface area contributed by atoms with Crippen molar-refractivity contribution in [3.63, 3.8) is 0 Å². The fourth-order valence-corrected chi connectivity index (χ4v) is 3.83. The van der Waals surface area contributed by atoms with Gasteiger partial charge in [-0.05, 0) is 37.5 Å². The first kappa shape index (κ1) is 15.8. The average molecular weight is 327 g/mol. The summed E-state index contributed by atoms with van der Waals surface area (Å²) in [6.45, 7) is 3.73. The maximum Gasteiger partial charge on any atom is 0.168 e. The fourth-order valence-electron chi connectivity index (χ4n) is 3.83. The van der Waals surface area contributed by atoms with Crippen molar-refractivity contribution in [2.75, 3.05) is 13.2 Å². The number of benzene rings is 1. The van der Waals surface area contributed by atoms with Gasteiger partial charge in [-0.1, -0.05) is 12.1 Å². The summed E-state index contributed by atoms with van der Waals surface area (Å²) in [5.74, 6) is -0.275. The van der Waals surface area contributed by atoms with E-state index in [2.05, 4.69) is 41.5 Å². The maximum atomic E-state index is 5.82. The van der Waals surface area contributed by atoms with Crippen LogP contribution in [0.4, 0.5) is 0 Å². The Kier molecular flexibility index (Phi) is 4.39. The highest BCUT2D eigenvalue weighted by Gasteiger charge is 2.40. The van der Waals surface area contributed by atoms with Gasteiger partial charge in [0.2, 0.25) is 0 Å². The second-order valence-corrected chi connectivity index (χ2v) is 6.84. The van der Waals surface area contributed by atoms with Crippen molar-refractivity contribution in [2.45, 2.75) is 50.5 Å². The summed E-state index contributed by atoms with van der Waals surface area (Å²) in [7, 11) is 0. The molecule has 1 N–H and O–H groups in total. The fraction of sp³-hybridized carbons (Fsp3) is 0.526. The second-order valence-electron chi connectivity index (χ2n) is 6.84. The molecule has 1 saturated heterocycles. The summed E-state index contributed by atoms with van der Waals surface area (Å²) in [5.41, 5.74) is 2.45. The molecule has 24 heavy (non-hydrogen) atoms. The van der Waals surface area contributed by atoms with Crippen LogP contribution in [0.3, 0.4) is 0 Å². The van der Waals surface area contributed by atoms with Crippen LogP contribution in [0.15, 0.2) is 43.0 Å². The van der Waals surface area contributed by atoms with Crippen molar-refractivity contribution >= 4 is 0 Å². The molecule has 128 valence electrons. The molecule has 0 radical (unpaired) electrons. The Hall–Kier alpha value is -1.69. The van der Waals surface area contributed by atoms with Crippen molar-refractivity contribution in [3.05, 3.63) is 48.5 Å².